The molecule has 1 aromatic carbocycles. The van der Waals surface area contributed by atoms with Crippen LogP contribution in [0, 0.1) is 5.82 Å². The van der Waals surface area contributed by atoms with Gasteiger partial charge < -0.3 is 16.0 Å². The van der Waals surface area contributed by atoms with Gasteiger partial charge in [-0.1, -0.05) is 0 Å². The molecule has 19 heavy (non-hydrogen) atoms. The molecule has 0 aliphatic heterocycles. The standard InChI is InChI=1S/C13H16FN3O2/c14-10-3-1-9(2-4-10)12(18)15-7-8-16-13(19)17-11-5-6-11/h1-4,11H,5-8H2,(H,15,18)(H2,16,17,19). The van der Waals surface area contributed by atoms with Gasteiger partial charge in [-0.15, -0.1) is 0 Å². The summed E-state index contributed by atoms with van der Waals surface area (Å²) in [5.74, 6) is -0.667. The normalized spacial score (nSPS) is 13.7. The van der Waals surface area contributed by atoms with Gasteiger partial charge in [-0.2, -0.15) is 0 Å². The maximum Gasteiger partial charge on any atom is 0.315 e. The largest absolute Gasteiger partial charge is 0.350 e. The first-order valence-electron chi connectivity index (χ1n) is 6.23. The minimum Gasteiger partial charge on any atom is -0.350 e. The van der Waals surface area contributed by atoms with Crippen LogP contribution in [0.3, 0.4) is 0 Å². The van der Waals surface area contributed by atoms with Crippen LogP contribution in [0.5, 0.6) is 0 Å². The fourth-order valence-electron chi connectivity index (χ4n) is 1.52. The van der Waals surface area contributed by atoms with Gasteiger partial charge in [0.25, 0.3) is 5.91 Å². The van der Waals surface area contributed by atoms with Gasteiger partial charge in [0.15, 0.2) is 0 Å². The smallest absolute Gasteiger partial charge is 0.315 e. The van der Waals surface area contributed by atoms with Crippen molar-refractivity contribution in [1.29, 1.82) is 0 Å². The van der Waals surface area contributed by atoms with Gasteiger partial charge in [0.05, 0.1) is 0 Å². The molecule has 5 nitrogen and oxygen atoms in total. The van der Waals surface area contributed by atoms with E-state index in [1.54, 1.807) is 0 Å². The van der Waals surface area contributed by atoms with E-state index in [9.17, 15) is 14.0 Å². The molecule has 1 saturated carbocycles. The van der Waals surface area contributed by atoms with E-state index in [1.165, 1.54) is 24.3 Å². The van der Waals surface area contributed by atoms with Gasteiger partial charge in [0.2, 0.25) is 0 Å². The summed E-state index contributed by atoms with van der Waals surface area (Å²) in [7, 11) is 0. The minimum absolute atomic E-state index is 0.210. The zero-order valence-corrected chi connectivity index (χ0v) is 10.4. The van der Waals surface area contributed by atoms with Gasteiger partial charge in [0.1, 0.15) is 5.82 Å². The molecule has 3 N–H and O–H groups in total. The average molecular weight is 265 g/mol. The van der Waals surface area contributed by atoms with Crippen LogP contribution in [0.4, 0.5) is 9.18 Å². The Hall–Kier alpha value is -2.11. The van der Waals surface area contributed by atoms with Crippen molar-refractivity contribution in [2.75, 3.05) is 13.1 Å². The van der Waals surface area contributed by atoms with E-state index in [0.717, 1.165) is 12.8 Å². The molecule has 6 heteroatoms. The SMILES string of the molecule is O=C(NCCNC(=O)c1ccc(F)cc1)NC1CC1. The molecule has 3 amide bonds. The molecular weight excluding hydrogens is 249 g/mol. The van der Waals surface area contributed by atoms with Crippen LogP contribution in [0.15, 0.2) is 24.3 Å². The highest BCUT2D eigenvalue weighted by Crippen LogP contribution is 2.18. The van der Waals surface area contributed by atoms with E-state index in [-0.39, 0.29) is 17.8 Å². The number of halogens is 1. The minimum atomic E-state index is -0.380. The zero-order valence-electron chi connectivity index (χ0n) is 10.4. The van der Waals surface area contributed by atoms with E-state index in [2.05, 4.69) is 16.0 Å². The molecule has 0 saturated heterocycles. The Morgan fingerprint density at radius 1 is 1.11 bits per heavy atom. The molecule has 1 aromatic rings. The van der Waals surface area contributed by atoms with E-state index >= 15 is 0 Å². The zero-order chi connectivity index (χ0) is 13.7. The van der Waals surface area contributed by atoms with Crippen LogP contribution in [0.25, 0.3) is 0 Å². The van der Waals surface area contributed by atoms with Crippen molar-refractivity contribution in [1.82, 2.24) is 16.0 Å². The van der Waals surface area contributed by atoms with Crippen molar-refractivity contribution in [2.24, 2.45) is 0 Å². The summed E-state index contributed by atoms with van der Waals surface area (Å²) in [5, 5.41) is 8.06. The highest BCUT2D eigenvalue weighted by molar-refractivity contribution is 5.94. The third kappa shape index (κ3) is 4.57. The summed E-state index contributed by atoms with van der Waals surface area (Å²) in [6.45, 7) is 0.680. The third-order valence-corrected chi connectivity index (χ3v) is 2.72. The van der Waals surface area contributed by atoms with Gasteiger partial charge in [-0.3, -0.25) is 4.79 Å². The fourth-order valence-corrected chi connectivity index (χ4v) is 1.52. The van der Waals surface area contributed by atoms with E-state index in [0.29, 0.717) is 24.7 Å². The van der Waals surface area contributed by atoms with Gasteiger partial charge in [0, 0.05) is 24.7 Å². The molecule has 1 fully saturated rings. The topological polar surface area (TPSA) is 70.2 Å². The molecule has 0 spiro atoms. The Balaban J connectivity index is 1.63. The predicted molar refractivity (Wildman–Crippen MR) is 68.3 cm³/mol. The maximum atomic E-state index is 12.7. The van der Waals surface area contributed by atoms with Gasteiger partial charge in [-0.05, 0) is 37.1 Å². The highest BCUT2D eigenvalue weighted by atomic mass is 19.1. The summed E-state index contributed by atoms with van der Waals surface area (Å²) in [5.41, 5.74) is 0.392. The maximum absolute atomic E-state index is 12.7. The summed E-state index contributed by atoms with van der Waals surface area (Å²) < 4.78 is 12.7. The van der Waals surface area contributed by atoms with Crippen molar-refractivity contribution in [3.63, 3.8) is 0 Å². The van der Waals surface area contributed by atoms with Crippen molar-refractivity contribution in [2.45, 2.75) is 18.9 Å². The molecule has 0 aromatic heterocycles. The number of hydrogen-bond donors (Lipinski definition) is 3. The second kappa shape index (κ2) is 6.17. The predicted octanol–water partition coefficient (Wildman–Crippen LogP) is 1.02. The summed E-state index contributed by atoms with van der Waals surface area (Å²) >= 11 is 0. The molecular formula is C13H16FN3O2. The van der Waals surface area contributed by atoms with Crippen LogP contribution in [-0.2, 0) is 0 Å². The van der Waals surface area contributed by atoms with E-state index in [1.807, 2.05) is 0 Å². The van der Waals surface area contributed by atoms with Crippen molar-refractivity contribution < 1.29 is 14.0 Å². The average Bonchev–Trinajstić information content (AvgIpc) is 3.19. The van der Waals surface area contributed by atoms with Crippen LogP contribution >= 0.6 is 0 Å². The number of hydrogen-bond acceptors (Lipinski definition) is 2. The quantitative estimate of drug-likeness (QED) is 0.696. The number of amides is 3. The molecule has 0 heterocycles. The molecule has 0 bridgehead atoms. The lowest BCUT2D eigenvalue weighted by atomic mass is 10.2. The number of nitrogens with one attached hydrogen (secondary N) is 3. The number of carbonyl (C=O) groups excluding carboxylic acids is 2. The number of benzene rings is 1. The van der Waals surface area contributed by atoms with Crippen LogP contribution < -0.4 is 16.0 Å². The van der Waals surface area contributed by atoms with E-state index < -0.39 is 0 Å². The van der Waals surface area contributed by atoms with Crippen LogP contribution in [-0.4, -0.2) is 31.1 Å². The van der Waals surface area contributed by atoms with Gasteiger partial charge >= 0.3 is 6.03 Å². The second-order valence-corrected chi connectivity index (χ2v) is 4.44. The third-order valence-electron chi connectivity index (χ3n) is 2.72. The lowest BCUT2D eigenvalue weighted by Crippen LogP contribution is -2.41. The Morgan fingerprint density at radius 3 is 2.37 bits per heavy atom. The summed E-state index contributed by atoms with van der Waals surface area (Å²) in [6.07, 6.45) is 2.07. The Labute approximate surface area is 110 Å². The first kappa shape index (κ1) is 13.3. The van der Waals surface area contributed by atoms with Crippen molar-refractivity contribution in [3.8, 4) is 0 Å². The van der Waals surface area contributed by atoms with Crippen molar-refractivity contribution in [3.05, 3.63) is 35.6 Å². The first-order chi connectivity index (χ1) is 9.15. The van der Waals surface area contributed by atoms with Crippen LogP contribution in [0.2, 0.25) is 0 Å². The Bertz CT molecular complexity index is 457. The molecule has 2 rings (SSSR count). The molecule has 0 unspecified atom stereocenters. The molecule has 1 aliphatic rings. The fraction of sp³-hybridized carbons (Fsp3) is 0.385. The lowest BCUT2D eigenvalue weighted by Gasteiger charge is -2.08. The molecule has 102 valence electrons. The van der Waals surface area contributed by atoms with Gasteiger partial charge in [-0.25, -0.2) is 9.18 Å². The number of carbonyl (C=O) groups is 2. The van der Waals surface area contributed by atoms with E-state index in [4.69, 9.17) is 0 Å². The van der Waals surface area contributed by atoms with Crippen LogP contribution in [0.1, 0.15) is 23.2 Å². The second-order valence-electron chi connectivity index (χ2n) is 4.44. The first-order valence-corrected chi connectivity index (χ1v) is 6.23. The molecule has 1 aliphatic carbocycles. The van der Waals surface area contributed by atoms with Crippen molar-refractivity contribution >= 4 is 11.9 Å². The Morgan fingerprint density at radius 2 is 1.74 bits per heavy atom. The molecule has 0 atom stereocenters. The highest BCUT2D eigenvalue weighted by Gasteiger charge is 2.22. The Kier molecular flexibility index (Phi) is 4.33. The molecule has 0 radical (unpaired) electrons. The lowest BCUT2D eigenvalue weighted by molar-refractivity contribution is 0.0954. The number of urea groups is 1. The monoisotopic (exact) mass is 265 g/mol. The summed E-state index contributed by atoms with van der Waals surface area (Å²) in [6, 6.07) is 5.40. The number of rotatable bonds is 5. The summed E-state index contributed by atoms with van der Waals surface area (Å²) in [4.78, 5) is 22.9.